The first-order valence-electron chi connectivity index (χ1n) is 24.7. The van der Waals surface area contributed by atoms with E-state index >= 15 is 0 Å². The molecule has 0 saturated carbocycles. The summed E-state index contributed by atoms with van der Waals surface area (Å²) in [5.74, 6) is 0. The molecule has 0 radical (unpaired) electrons. The first-order chi connectivity index (χ1) is 34.9. The van der Waals surface area contributed by atoms with Gasteiger partial charge in [0.25, 0.3) is 0 Å². The number of fused-ring (bicyclic) bond motifs is 3. The zero-order valence-electron chi connectivity index (χ0n) is 40.6. The summed E-state index contributed by atoms with van der Waals surface area (Å²) in [5, 5.41) is 7.01. The minimum atomic E-state index is -0.128. The first-order valence-corrected chi connectivity index (χ1v) is 22.7. The van der Waals surface area contributed by atoms with E-state index in [1.54, 1.807) is 0 Å². The first kappa shape index (κ1) is 35.6. The number of hydrogen-bond acceptors (Lipinski definition) is 1. The van der Waals surface area contributed by atoms with Gasteiger partial charge in [-0.2, -0.15) is 0 Å². The van der Waals surface area contributed by atoms with Crippen LogP contribution in [0, 0.1) is 0 Å². The normalized spacial score (nSPS) is 12.1. The molecule has 0 aliphatic rings. The molecule has 0 heterocycles. The van der Waals surface area contributed by atoms with Crippen LogP contribution in [0.3, 0.4) is 0 Å². The Morgan fingerprint density at radius 1 is 0.239 bits per heavy atom. The zero-order chi connectivity index (χ0) is 48.0. The maximum absolute atomic E-state index is 9.70. The van der Waals surface area contributed by atoms with E-state index in [4.69, 9.17) is 0 Å². The van der Waals surface area contributed by atoms with E-state index in [-0.39, 0.29) is 35.4 Å². The van der Waals surface area contributed by atoms with Crippen molar-refractivity contribution in [1.82, 2.24) is 0 Å². The Bertz CT molecular complexity index is 3920. The van der Waals surface area contributed by atoms with Crippen LogP contribution in [-0.2, 0) is 0 Å². The van der Waals surface area contributed by atoms with Crippen LogP contribution in [0.4, 0.5) is 17.1 Å². The van der Waals surface area contributed by atoms with Crippen molar-refractivity contribution >= 4 is 49.4 Å². The van der Waals surface area contributed by atoms with Gasteiger partial charge in [-0.25, -0.2) is 0 Å². The SMILES string of the molecule is [2H]c1c([2H])c(N(c2ccc(-c3cccc(-c4ccc5ccccc5c4)c3)cc2)c2ccc(-c3ccc4ccccc4c3-c3ccccc3)cc2)c([2H])c([2H])c1-c1ccc(-c2cccc3ccccc23)cc1. The Hall–Kier alpha value is -8.78. The van der Waals surface area contributed by atoms with Gasteiger partial charge in [0.2, 0.25) is 0 Å². The van der Waals surface area contributed by atoms with Crippen molar-refractivity contribution in [3.63, 3.8) is 0 Å². The zero-order valence-corrected chi connectivity index (χ0v) is 36.6. The van der Waals surface area contributed by atoms with Crippen LogP contribution < -0.4 is 4.90 Å². The van der Waals surface area contributed by atoms with Gasteiger partial charge in [-0.1, -0.05) is 224 Å². The fourth-order valence-corrected chi connectivity index (χ4v) is 9.53. The summed E-state index contributed by atoms with van der Waals surface area (Å²) < 4.78 is 38.5. The topological polar surface area (TPSA) is 3.24 Å². The van der Waals surface area contributed by atoms with Crippen LogP contribution in [-0.4, -0.2) is 0 Å². The minimum Gasteiger partial charge on any atom is -0.311 e. The van der Waals surface area contributed by atoms with Crippen molar-refractivity contribution in [2.45, 2.75) is 0 Å². The van der Waals surface area contributed by atoms with E-state index < -0.39 is 0 Å². The van der Waals surface area contributed by atoms with Crippen LogP contribution in [0.1, 0.15) is 5.48 Å². The summed E-state index contributed by atoms with van der Waals surface area (Å²) in [4.78, 5) is 1.87. The van der Waals surface area contributed by atoms with Gasteiger partial charge in [0.1, 0.15) is 0 Å². The molecule has 67 heavy (non-hydrogen) atoms. The monoisotopic (exact) mass is 855 g/mol. The molecule has 0 aliphatic carbocycles. The molecular formula is C66H45N. The number of hydrogen-bond donors (Lipinski definition) is 0. The Morgan fingerprint density at radius 2 is 0.701 bits per heavy atom. The number of benzene rings is 12. The average Bonchev–Trinajstić information content (AvgIpc) is 3.43. The van der Waals surface area contributed by atoms with Crippen LogP contribution in [0.25, 0.3) is 99.1 Å². The lowest BCUT2D eigenvalue weighted by Crippen LogP contribution is -2.09. The van der Waals surface area contributed by atoms with E-state index in [2.05, 4.69) is 182 Å². The highest BCUT2D eigenvalue weighted by Crippen LogP contribution is 2.42. The van der Waals surface area contributed by atoms with Crippen LogP contribution in [0.15, 0.2) is 273 Å². The smallest absolute Gasteiger partial charge is 0.0645 e. The van der Waals surface area contributed by atoms with Crippen LogP contribution in [0.2, 0.25) is 0 Å². The second-order valence-corrected chi connectivity index (χ2v) is 17.0. The summed E-state index contributed by atoms with van der Waals surface area (Å²) in [6.45, 7) is 0. The summed E-state index contributed by atoms with van der Waals surface area (Å²) in [7, 11) is 0. The Kier molecular flexibility index (Phi) is 9.19. The molecular weight excluding hydrogens is 807 g/mol. The van der Waals surface area contributed by atoms with Gasteiger partial charge in [-0.15, -0.1) is 0 Å². The quantitative estimate of drug-likeness (QED) is 0.140. The predicted molar refractivity (Wildman–Crippen MR) is 286 cm³/mol. The molecule has 12 aromatic carbocycles. The highest BCUT2D eigenvalue weighted by molar-refractivity contribution is 6.04. The highest BCUT2D eigenvalue weighted by atomic mass is 15.1. The molecule has 0 aliphatic heterocycles. The van der Waals surface area contributed by atoms with Gasteiger partial charge >= 0.3 is 0 Å². The van der Waals surface area contributed by atoms with E-state index in [0.717, 1.165) is 77.2 Å². The number of anilines is 3. The largest absolute Gasteiger partial charge is 0.311 e. The molecule has 314 valence electrons. The Labute approximate surface area is 397 Å². The third-order valence-corrected chi connectivity index (χ3v) is 12.9. The highest BCUT2D eigenvalue weighted by Gasteiger charge is 2.17. The summed E-state index contributed by atoms with van der Waals surface area (Å²) >= 11 is 0. The van der Waals surface area contributed by atoms with Crippen molar-refractivity contribution in [1.29, 1.82) is 0 Å². The maximum Gasteiger partial charge on any atom is 0.0645 e. The second-order valence-electron chi connectivity index (χ2n) is 17.0. The molecule has 12 rings (SSSR count). The third kappa shape index (κ3) is 7.73. The Morgan fingerprint density at radius 3 is 1.43 bits per heavy atom. The molecule has 0 unspecified atom stereocenters. The van der Waals surface area contributed by atoms with Crippen LogP contribution >= 0.6 is 0 Å². The molecule has 0 amide bonds. The molecule has 0 bridgehead atoms. The molecule has 0 spiro atoms. The van der Waals surface area contributed by atoms with Gasteiger partial charge < -0.3 is 4.90 Å². The van der Waals surface area contributed by atoms with Crippen molar-refractivity contribution in [3.05, 3.63) is 273 Å². The second kappa shape index (κ2) is 17.3. The lowest BCUT2D eigenvalue weighted by atomic mass is 9.90. The lowest BCUT2D eigenvalue weighted by Gasteiger charge is -2.26. The molecule has 0 saturated heterocycles. The van der Waals surface area contributed by atoms with E-state index in [1.165, 1.54) is 10.8 Å². The van der Waals surface area contributed by atoms with Crippen LogP contribution in [0.5, 0.6) is 0 Å². The maximum atomic E-state index is 9.70. The standard InChI is InChI=1S/C66H45N/c1-2-15-54(16-3-1)66-64-22-9-7-14-51(64)36-43-65(66)53-34-41-61(42-35-53)67(59-37-30-48(31-38-59)47-24-27-52(28-25-47)63-23-11-18-50-13-6-8-21-62(50)63)60-39-32-49(33-40-60)56-19-10-20-57(44-56)58-29-26-46-12-4-5-17-55(46)45-58/h1-45H/i30D,31D,37D,38D. The summed E-state index contributed by atoms with van der Waals surface area (Å²) in [5.41, 5.74) is 13.3. The Balaban J connectivity index is 0.959. The predicted octanol–water partition coefficient (Wildman–Crippen LogP) is 18.6. The van der Waals surface area contributed by atoms with Crippen molar-refractivity contribution in [2.75, 3.05) is 4.90 Å². The summed E-state index contributed by atoms with van der Waals surface area (Å²) in [6.07, 6.45) is 0. The lowest BCUT2D eigenvalue weighted by molar-refractivity contribution is 1.28. The molecule has 0 aromatic heterocycles. The van der Waals surface area contributed by atoms with Gasteiger partial charge in [0, 0.05) is 17.1 Å². The number of rotatable bonds is 9. The molecule has 0 fully saturated rings. The van der Waals surface area contributed by atoms with Gasteiger partial charge in [-0.3, -0.25) is 0 Å². The molecule has 1 heteroatoms. The van der Waals surface area contributed by atoms with Gasteiger partial charge in [-0.05, 0) is 148 Å². The molecule has 0 N–H and O–H groups in total. The van der Waals surface area contributed by atoms with Crippen molar-refractivity contribution in [3.8, 4) is 66.8 Å². The van der Waals surface area contributed by atoms with E-state index in [9.17, 15) is 5.48 Å². The molecule has 1 nitrogen and oxygen atoms in total. The number of nitrogens with zero attached hydrogens (tertiary/aromatic N) is 1. The third-order valence-electron chi connectivity index (χ3n) is 12.9. The van der Waals surface area contributed by atoms with Gasteiger partial charge in [0.05, 0.1) is 5.48 Å². The molecule has 0 atom stereocenters. The fourth-order valence-electron chi connectivity index (χ4n) is 9.53. The molecule has 12 aromatic rings. The minimum absolute atomic E-state index is 0.105. The average molecular weight is 856 g/mol. The van der Waals surface area contributed by atoms with E-state index in [0.29, 0.717) is 16.9 Å². The van der Waals surface area contributed by atoms with Gasteiger partial charge in [0.15, 0.2) is 0 Å². The fraction of sp³-hybridized carbons (Fsp3) is 0. The van der Waals surface area contributed by atoms with Crippen molar-refractivity contribution < 1.29 is 5.48 Å². The summed E-state index contributed by atoms with van der Waals surface area (Å²) in [6, 6.07) is 85.1. The van der Waals surface area contributed by atoms with Crippen molar-refractivity contribution in [2.24, 2.45) is 0 Å². The van der Waals surface area contributed by atoms with E-state index in [1.807, 2.05) is 71.6 Å².